The van der Waals surface area contributed by atoms with Gasteiger partial charge in [-0.2, -0.15) is 5.10 Å². The molecule has 0 aliphatic carbocycles. The molecule has 0 unspecified atom stereocenters. The third-order valence-corrected chi connectivity index (χ3v) is 4.78. The average molecular weight is 356 g/mol. The van der Waals surface area contributed by atoms with E-state index in [-0.39, 0.29) is 5.91 Å². The Bertz CT molecular complexity index is 874. The maximum Gasteiger partial charge on any atom is 0.230 e. The second-order valence-corrected chi connectivity index (χ2v) is 6.77. The summed E-state index contributed by atoms with van der Waals surface area (Å²) in [4.78, 5) is 22.6. The molecule has 0 aliphatic heterocycles. The number of carbonyl (C=O) groups is 1. The first-order chi connectivity index (χ1) is 12.0. The zero-order valence-electron chi connectivity index (χ0n) is 14.4. The van der Waals surface area contributed by atoms with Crippen molar-refractivity contribution in [2.45, 2.75) is 11.6 Å². The molecule has 25 heavy (non-hydrogen) atoms. The first-order valence-corrected chi connectivity index (χ1v) is 8.81. The molecule has 0 radical (unpaired) electrons. The van der Waals surface area contributed by atoms with Gasteiger partial charge in [-0.05, 0) is 17.7 Å². The predicted molar refractivity (Wildman–Crippen MR) is 99.6 cm³/mol. The number of hydrogen-bond acceptors (Lipinski definition) is 6. The fourth-order valence-electron chi connectivity index (χ4n) is 2.35. The summed E-state index contributed by atoms with van der Waals surface area (Å²) in [7, 11) is 5.83. The molecule has 3 aromatic rings. The molecule has 0 saturated carbocycles. The van der Waals surface area contributed by atoms with E-state index in [2.05, 4.69) is 20.4 Å². The van der Waals surface area contributed by atoms with Gasteiger partial charge in [0.05, 0.1) is 17.3 Å². The Balaban J connectivity index is 1.54. The lowest BCUT2D eigenvalue weighted by molar-refractivity contribution is -0.118. The highest BCUT2D eigenvalue weighted by molar-refractivity contribution is 8.00. The van der Waals surface area contributed by atoms with Crippen LogP contribution in [0.5, 0.6) is 0 Å². The number of aryl methyl sites for hydroxylation is 1. The second-order valence-electron chi connectivity index (χ2n) is 5.81. The number of carbonyl (C=O) groups excluding carboxylic acids is 1. The van der Waals surface area contributed by atoms with Gasteiger partial charge in [-0.15, -0.1) is 0 Å². The van der Waals surface area contributed by atoms with Gasteiger partial charge in [0.1, 0.15) is 11.4 Å². The minimum atomic E-state index is -0.0302. The third-order valence-electron chi connectivity index (χ3n) is 3.78. The summed E-state index contributed by atoms with van der Waals surface area (Å²) in [6.45, 7) is 0.513. The molecular formula is C17H20N6OS. The smallest absolute Gasteiger partial charge is 0.230 e. The number of aromatic nitrogens is 4. The van der Waals surface area contributed by atoms with Crippen LogP contribution >= 0.6 is 11.8 Å². The second kappa shape index (κ2) is 7.52. The molecule has 0 saturated heterocycles. The molecule has 1 N–H and O–H groups in total. The van der Waals surface area contributed by atoms with E-state index in [1.165, 1.54) is 18.1 Å². The molecule has 1 aromatic carbocycles. The molecule has 0 bridgehead atoms. The van der Waals surface area contributed by atoms with Crippen LogP contribution in [-0.4, -0.2) is 45.5 Å². The van der Waals surface area contributed by atoms with Crippen molar-refractivity contribution in [3.05, 3.63) is 42.4 Å². The average Bonchev–Trinajstić information content (AvgIpc) is 3.00. The van der Waals surface area contributed by atoms with Gasteiger partial charge >= 0.3 is 0 Å². The van der Waals surface area contributed by atoms with Gasteiger partial charge in [0.15, 0.2) is 5.65 Å². The Morgan fingerprint density at radius 1 is 1.24 bits per heavy atom. The Labute approximate surface area is 150 Å². The summed E-state index contributed by atoms with van der Waals surface area (Å²) in [5.41, 5.74) is 2.97. The molecule has 130 valence electrons. The van der Waals surface area contributed by atoms with Gasteiger partial charge in [-0.1, -0.05) is 23.9 Å². The van der Waals surface area contributed by atoms with Crippen LogP contribution in [0.1, 0.15) is 5.56 Å². The van der Waals surface area contributed by atoms with E-state index >= 15 is 0 Å². The van der Waals surface area contributed by atoms with E-state index in [4.69, 9.17) is 0 Å². The summed E-state index contributed by atoms with van der Waals surface area (Å²) in [5.74, 6) is 0.272. The lowest BCUT2D eigenvalue weighted by Crippen LogP contribution is -2.24. The molecular weight excluding hydrogens is 336 g/mol. The van der Waals surface area contributed by atoms with E-state index in [1.807, 2.05) is 50.3 Å². The lowest BCUT2D eigenvalue weighted by atomic mass is 10.2. The fourth-order valence-corrected chi connectivity index (χ4v) is 3.14. The minimum Gasteiger partial charge on any atom is -0.378 e. The lowest BCUT2D eigenvalue weighted by Gasteiger charge is -2.12. The third kappa shape index (κ3) is 4.08. The van der Waals surface area contributed by atoms with Gasteiger partial charge in [0, 0.05) is 33.4 Å². The molecule has 3 rings (SSSR count). The summed E-state index contributed by atoms with van der Waals surface area (Å²) < 4.78 is 1.69. The summed E-state index contributed by atoms with van der Waals surface area (Å²) in [6, 6.07) is 8.12. The van der Waals surface area contributed by atoms with Gasteiger partial charge < -0.3 is 10.2 Å². The van der Waals surface area contributed by atoms with Crippen LogP contribution < -0.4 is 10.2 Å². The van der Waals surface area contributed by atoms with Gasteiger partial charge in [0.2, 0.25) is 5.91 Å². The van der Waals surface area contributed by atoms with Crippen LogP contribution in [0.2, 0.25) is 0 Å². The van der Waals surface area contributed by atoms with Crippen molar-refractivity contribution >= 4 is 34.4 Å². The maximum atomic E-state index is 12.1. The van der Waals surface area contributed by atoms with Crippen LogP contribution in [0.4, 0.5) is 5.69 Å². The number of fused-ring (bicyclic) bond motifs is 1. The first kappa shape index (κ1) is 17.2. The van der Waals surface area contributed by atoms with Crippen LogP contribution in [0, 0.1) is 0 Å². The standard InChI is InChI=1S/C17H20N6OS/c1-22(2)13-6-4-12(5-7-13)8-18-15(24)10-25-17-14-9-21-23(3)16(14)19-11-20-17/h4-7,9,11H,8,10H2,1-3H3,(H,18,24). The number of thioether (sulfide) groups is 1. The molecule has 8 heteroatoms. The number of nitrogens with one attached hydrogen (secondary N) is 1. The van der Waals surface area contributed by atoms with Crippen molar-refractivity contribution in [2.75, 3.05) is 24.7 Å². The molecule has 2 aromatic heterocycles. The van der Waals surface area contributed by atoms with E-state index < -0.39 is 0 Å². The van der Waals surface area contributed by atoms with E-state index in [0.29, 0.717) is 12.3 Å². The van der Waals surface area contributed by atoms with Crippen LogP contribution in [0.3, 0.4) is 0 Å². The number of nitrogens with zero attached hydrogens (tertiary/aromatic N) is 5. The fraction of sp³-hybridized carbons (Fsp3) is 0.294. The van der Waals surface area contributed by atoms with Crippen LogP contribution in [0.15, 0.2) is 41.8 Å². The highest BCUT2D eigenvalue weighted by Crippen LogP contribution is 2.23. The SMILES string of the molecule is CN(C)c1ccc(CNC(=O)CSc2ncnc3c2cnn3C)cc1. The zero-order valence-corrected chi connectivity index (χ0v) is 15.2. The quantitative estimate of drug-likeness (QED) is 0.536. The molecule has 7 nitrogen and oxygen atoms in total. The summed E-state index contributed by atoms with van der Waals surface area (Å²) in [6.07, 6.45) is 3.22. The van der Waals surface area contributed by atoms with E-state index in [0.717, 1.165) is 27.3 Å². The summed E-state index contributed by atoms with van der Waals surface area (Å²) in [5, 5.41) is 8.74. The first-order valence-electron chi connectivity index (χ1n) is 7.83. The number of rotatable bonds is 6. The molecule has 1 amide bonds. The van der Waals surface area contributed by atoms with Crippen molar-refractivity contribution in [3.8, 4) is 0 Å². The maximum absolute atomic E-state index is 12.1. The minimum absolute atomic E-state index is 0.0302. The van der Waals surface area contributed by atoms with Crippen molar-refractivity contribution in [1.29, 1.82) is 0 Å². The number of benzene rings is 1. The molecule has 0 spiro atoms. The number of anilines is 1. The zero-order chi connectivity index (χ0) is 17.8. The Hall–Kier alpha value is -2.61. The van der Waals surface area contributed by atoms with E-state index in [9.17, 15) is 4.79 Å². The topological polar surface area (TPSA) is 75.9 Å². The monoisotopic (exact) mass is 356 g/mol. The Kier molecular flexibility index (Phi) is 5.18. The van der Waals surface area contributed by atoms with Crippen molar-refractivity contribution in [2.24, 2.45) is 7.05 Å². The molecule has 2 heterocycles. The van der Waals surface area contributed by atoms with Crippen LogP contribution in [0.25, 0.3) is 11.0 Å². The van der Waals surface area contributed by atoms with Crippen molar-refractivity contribution in [3.63, 3.8) is 0 Å². The highest BCUT2D eigenvalue weighted by Gasteiger charge is 2.10. The normalized spacial score (nSPS) is 10.8. The number of amides is 1. The van der Waals surface area contributed by atoms with Crippen LogP contribution in [-0.2, 0) is 18.4 Å². The number of hydrogen-bond donors (Lipinski definition) is 1. The van der Waals surface area contributed by atoms with Crippen molar-refractivity contribution < 1.29 is 4.79 Å². The molecule has 0 fully saturated rings. The van der Waals surface area contributed by atoms with Gasteiger partial charge in [-0.25, -0.2) is 9.97 Å². The predicted octanol–water partition coefficient (Wildman–Crippen LogP) is 1.84. The van der Waals surface area contributed by atoms with E-state index in [1.54, 1.807) is 10.9 Å². The molecule has 0 aliphatic rings. The summed E-state index contributed by atoms with van der Waals surface area (Å²) >= 11 is 1.39. The highest BCUT2D eigenvalue weighted by atomic mass is 32.2. The Morgan fingerprint density at radius 3 is 2.72 bits per heavy atom. The largest absolute Gasteiger partial charge is 0.378 e. The molecule has 0 atom stereocenters. The van der Waals surface area contributed by atoms with Gasteiger partial charge in [0.25, 0.3) is 0 Å². The van der Waals surface area contributed by atoms with Gasteiger partial charge in [-0.3, -0.25) is 9.48 Å². The van der Waals surface area contributed by atoms with Crippen molar-refractivity contribution in [1.82, 2.24) is 25.1 Å². The Morgan fingerprint density at radius 2 is 2.00 bits per heavy atom.